The quantitative estimate of drug-likeness (QED) is 0.557. The smallest absolute Gasteiger partial charge is 0.234 e. The Bertz CT molecular complexity index is 879. The Morgan fingerprint density at radius 2 is 1.57 bits per heavy atom. The predicted octanol–water partition coefficient (Wildman–Crippen LogP) is 3.95. The molecule has 1 atom stereocenters. The molecule has 1 aromatic heterocycles. The lowest BCUT2D eigenvalue weighted by Crippen LogP contribution is -2.39. The van der Waals surface area contributed by atoms with Crippen LogP contribution in [0.25, 0.3) is 0 Å². The van der Waals surface area contributed by atoms with Gasteiger partial charge in [0.25, 0.3) is 0 Å². The number of carbonyl (C=O) groups is 1. The van der Waals surface area contributed by atoms with E-state index in [2.05, 4.69) is 59.5 Å². The molecule has 0 aliphatic heterocycles. The summed E-state index contributed by atoms with van der Waals surface area (Å²) in [6.07, 6.45) is 0. The molecule has 1 heterocycles. The summed E-state index contributed by atoms with van der Waals surface area (Å²) in [7, 11) is 0. The van der Waals surface area contributed by atoms with Gasteiger partial charge < -0.3 is 5.32 Å². The van der Waals surface area contributed by atoms with Crippen molar-refractivity contribution in [3.8, 4) is 0 Å². The van der Waals surface area contributed by atoms with Gasteiger partial charge >= 0.3 is 0 Å². The number of carbonyl (C=O) groups excluding carboxylic acids is 1. The Morgan fingerprint density at radius 1 is 1.00 bits per heavy atom. The first-order chi connectivity index (χ1) is 14.5. The number of aryl methyl sites for hydroxylation is 2. The Kier molecular flexibility index (Phi) is 7.80. The van der Waals surface area contributed by atoms with Crippen molar-refractivity contribution < 1.29 is 4.79 Å². The second-order valence-corrected chi connectivity index (χ2v) is 8.13. The van der Waals surface area contributed by atoms with Crippen LogP contribution in [0.15, 0.2) is 66.7 Å². The predicted molar refractivity (Wildman–Crippen MR) is 121 cm³/mol. The monoisotopic (exact) mass is 404 g/mol. The minimum Gasteiger partial charge on any atom is -0.355 e. The van der Waals surface area contributed by atoms with Gasteiger partial charge in [-0.25, -0.2) is 0 Å². The number of benzene rings is 2. The zero-order chi connectivity index (χ0) is 21.3. The maximum absolute atomic E-state index is 12.7. The molecule has 3 rings (SSSR count). The summed E-state index contributed by atoms with van der Waals surface area (Å²) in [5.41, 5.74) is 4.60. The number of hydrogen-bond acceptors (Lipinski definition) is 3. The fourth-order valence-corrected chi connectivity index (χ4v) is 3.62. The molecule has 158 valence electrons. The molecule has 0 aliphatic carbocycles. The highest BCUT2D eigenvalue weighted by Gasteiger charge is 2.14. The van der Waals surface area contributed by atoms with Crippen LogP contribution in [0.1, 0.15) is 29.4 Å². The third kappa shape index (κ3) is 6.85. The van der Waals surface area contributed by atoms with Crippen LogP contribution in [-0.4, -0.2) is 33.7 Å². The highest BCUT2D eigenvalue weighted by Crippen LogP contribution is 2.10. The molecule has 0 unspecified atom stereocenters. The number of aromatic nitrogens is 2. The van der Waals surface area contributed by atoms with Gasteiger partial charge in [0.15, 0.2) is 0 Å². The number of nitrogens with zero attached hydrogens (tertiary/aromatic N) is 3. The third-order valence-corrected chi connectivity index (χ3v) is 5.10. The van der Waals surface area contributed by atoms with E-state index >= 15 is 0 Å². The third-order valence-electron chi connectivity index (χ3n) is 5.10. The van der Waals surface area contributed by atoms with Crippen LogP contribution < -0.4 is 5.32 Å². The lowest BCUT2D eigenvalue weighted by atomic mass is 10.1. The van der Waals surface area contributed by atoms with E-state index < -0.39 is 0 Å². The molecule has 0 saturated heterocycles. The summed E-state index contributed by atoms with van der Waals surface area (Å²) in [5.74, 6) is 0.366. The summed E-state index contributed by atoms with van der Waals surface area (Å²) >= 11 is 0. The molecular weight excluding hydrogens is 372 g/mol. The molecule has 0 aliphatic rings. The van der Waals surface area contributed by atoms with E-state index in [1.807, 2.05) is 48.0 Å². The van der Waals surface area contributed by atoms with Gasteiger partial charge in [0.1, 0.15) is 0 Å². The minimum atomic E-state index is 0.0575. The van der Waals surface area contributed by atoms with Gasteiger partial charge in [-0.15, -0.1) is 0 Å². The van der Waals surface area contributed by atoms with E-state index in [1.165, 1.54) is 11.1 Å². The lowest BCUT2D eigenvalue weighted by Gasteiger charge is -2.23. The molecule has 3 aromatic rings. The summed E-state index contributed by atoms with van der Waals surface area (Å²) in [6, 6.07) is 22.7. The summed E-state index contributed by atoms with van der Waals surface area (Å²) in [6.45, 7) is 9.51. The number of rotatable bonds is 10. The van der Waals surface area contributed by atoms with Crippen LogP contribution in [0.2, 0.25) is 0 Å². The minimum absolute atomic E-state index is 0.0575. The normalized spacial score (nSPS) is 12.1. The van der Waals surface area contributed by atoms with Crippen molar-refractivity contribution >= 4 is 5.91 Å². The molecule has 0 spiro atoms. The standard InChI is InChI=1S/C25H32N4O/c1-20(16-29-22(3)14-21(2)27-29)15-26-25(30)19-28(17-23-10-6-4-7-11-23)18-24-12-8-5-9-13-24/h4-14,20H,15-19H2,1-3H3,(H,26,30)/t20-/m0/s1. The lowest BCUT2D eigenvalue weighted by molar-refractivity contribution is -0.122. The molecule has 1 N–H and O–H groups in total. The van der Waals surface area contributed by atoms with Crippen LogP contribution in [0, 0.1) is 19.8 Å². The molecular formula is C25H32N4O. The molecule has 30 heavy (non-hydrogen) atoms. The van der Waals surface area contributed by atoms with E-state index in [-0.39, 0.29) is 5.91 Å². The van der Waals surface area contributed by atoms with Crippen molar-refractivity contribution in [3.63, 3.8) is 0 Å². The topological polar surface area (TPSA) is 50.2 Å². The fourth-order valence-electron chi connectivity index (χ4n) is 3.62. The molecule has 0 fully saturated rings. The van der Waals surface area contributed by atoms with Gasteiger partial charge in [0, 0.05) is 31.9 Å². The summed E-state index contributed by atoms with van der Waals surface area (Å²) in [5, 5.41) is 7.62. The zero-order valence-corrected chi connectivity index (χ0v) is 18.2. The molecule has 5 nitrogen and oxygen atoms in total. The maximum Gasteiger partial charge on any atom is 0.234 e. The van der Waals surface area contributed by atoms with E-state index in [9.17, 15) is 4.79 Å². The number of nitrogens with one attached hydrogen (secondary N) is 1. The van der Waals surface area contributed by atoms with Crippen molar-refractivity contribution in [1.29, 1.82) is 0 Å². The summed E-state index contributed by atoms with van der Waals surface area (Å²) < 4.78 is 2.02. The Balaban J connectivity index is 1.54. The van der Waals surface area contributed by atoms with Crippen LogP contribution in [0.4, 0.5) is 0 Å². The Morgan fingerprint density at radius 3 is 2.07 bits per heavy atom. The van der Waals surface area contributed by atoms with Gasteiger partial charge in [-0.2, -0.15) is 5.10 Å². The SMILES string of the molecule is Cc1cc(C)n(C[C@@H](C)CNC(=O)CN(Cc2ccccc2)Cc2ccccc2)n1. The first kappa shape index (κ1) is 21.8. The largest absolute Gasteiger partial charge is 0.355 e. The van der Waals surface area contributed by atoms with Crippen molar-refractivity contribution in [3.05, 3.63) is 89.2 Å². The van der Waals surface area contributed by atoms with E-state index in [1.54, 1.807) is 0 Å². The summed E-state index contributed by atoms with van der Waals surface area (Å²) in [4.78, 5) is 14.9. The molecule has 1 amide bonds. The molecule has 0 bridgehead atoms. The zero-order valence-electron chi connectivity index (χ0n) is 18.2. The Hall–Kier alpha value is -2.92. The van der Waals surface area contributed by atoms with E-state index in [0.717, 1.165) is 31.0 Å². The van der Waals surface area contributed by atoms with Crippen molar-refractivity contribution in [2.75, 3.05) is 13.1 Å². The van der Waals surface area contributed by atoms with Crippen LogP contribution in [0.3, 0.4) is 0 Å². The van der Waals surface area contributed by atoms with Crippen molar-refractivity contribution in [2.24, 2.45) is 5.92 Å². The number of hydrogen-bond donors (Lipinski definition) is 1. The molecule has 0 radical (unpaired) electrons. The van der Waals surface area contributed by atoms with Gasteiger partial charge in [-0.3, -0.25) is 14.4 Å². The van der Waals surface area contributed by atoms with Crippen molar-refractivity contribution in [2.45, 2.75) is 40.4 Å². The van der Waals surface area contributed by atoms with Crippen LogP contribution in [-0.2, 0) is 24.4 Å². The van der Waals surface area contributed by atoms with Crippen LogP contribution in [0.5, 0.6) is 0 Å². The first-order valence-corrected chi connectivity index (χ1v) is 10.6. The van der Waals surface area contributed by atoms with Gasteiger partial charge in [0.2, 0.25) is 5.91 Å². The second-order valence-electron chi connectivity index (χ2n) is 8.13. The van der Waals surface area contributed by atoms with Gasteiger partial charge in [0.05, 0.1) is 12.2 Å². The van der Waals surface area contributed by atoms with Crippen LogP contribution >= 0.6 is 0 Å². The number of amides is 1. The first-order valence-electron chi connectivity index (χ1n) is 10.6. The maximum atomic E-state index is 12.7. The van der Waals surface area contributed by atoms with Gasteiger partial charge in [-0.1, -0.05) is 67.6 Å². The second kappa shape index (κ2) is 10.7. The molecule has 5 heteroatoms. The average Bonchev–Trinajstić information content (AvgIpc) is 3.04. The van der Waals surface area contributed by atoms with E-state index in [4.69, 9.17) is 0 Å². The van der Waals surface area contributed by atoms with Gasteiger partial charge in [-0.05, 0) is 37.0 Å². The highest BCUT2D eigenvalue weighted by atomic mass is 16.2. The fraction of sp³-hybridized carbons (Fsp3) is 0.360. The van der Waals surface area contributed by atoms with E-state index in [0.29, 0.717) is 19.0 Å². The average molecular weight is 405 g/mol. The molecule has 2 aromatic carbocycles. The molecule has 0 saturated carbocycles. The highest BCUT2D eigenvalue weighted by molar-refractivity contribution is 5.78. The van der Waals surface area contributed by atoms with Crippen molar-refractivity contribution in [1.82, 2.24) is 20.0 Å². The Labute approximate surface area is 179 Å².